The molecule has 2 aromatic heterocycles. The third-order valence-electron chi connectivity index (χ3n) is 6.55. The Balaban J connectivity index is 1.41. The number of fused-ring (bicyclic) bond motifs is 1. The molecule has 3 heterocycles. The molecule has 0 radical (unpaired) electrons. The highest BCUT2D eigenvalue weighted by atomic mass is 16.6. The SMILES string of the molecule is CCOC(=O)N1CCC(NC(=O)CCc2c(C)nc3c(-c4ccccc4)c(C)nn3c2C)CC1. The molecule has 1 saturated heterocycles. The molecule has 2 amide bonds. The number of hydrogen-bond donors (Lipinski definition) is 1. The van der Waals surface area contributed by atoms with Gasteiger partial charge in [-0.3, -0.25) is 4.79 Å². The van der Waals surface area contributed by atoms with E-state index in [1.165, 1.54) is 0 Å². The summed E-state index contributed by atoms with van der Waals surface area (Å²) in [4.78, 5) is 31.1. The van der Waals surface area contributed by atoms with Crippen LogP contribution in [0.3, 0.4) is 0 Å². The number of aryl methyl sites for hydroxylation is 3. The molecule has 0 spiro atoms. The van der Waals surface area contributed by atoms with E-state index in [0.717, 1.165) is 52.3 Å². The molecular weight excluding hydrogens is 430 g/mol. The quantitative estimate of drug-likeness (QED) is 0.597. The molecule has 0 saturated carbocycles. The summed E-state index contributed by atoms with van der Waals surface area (Å²) < 4.78 is 6.96. The van der Waals surface area contributed by atoms with Crippen molar-refractivity contribution < 1.29 is 14.3 Å². The Morgan fingerprint density at radius 1 is 1.09 bits per heavy atom. The van der Waals surface area contributed by atoms with E-state index in [-0.39, 0.29) is 18.0 Å². The number of nitrogens with zero attached hydrogens (tertiary/aromatic N) is 4. The number of hydrogen-bond acceptors (Lipinski definition) is 5. The van der Waals surface area contributed by atoms with Crippen molar-refractivity contribution >= 4 is 17.6 Å². The van der Waals surface area contributed by atoms with Crippen LogP contribution < -0.4 is 5.32 Å². The molecule has 1 N–H and O–H groups in total. The molecule has 3 aromatic rings. The summed E-state index contributed by atoms with van der Waals surface area (Å²) in [6.45, 7) is 9.43. The molecule has 1 aromatic carbocycles. The summed E-state index contributed by atoms with van der Waals surface area (Å²) >= 11 is 0. The van der Waals surface area contributed by atoms with Crippen LogP contribution in [0.2, 0.25) is 0 Å². The number of likely N-dealkylation sites (tertiary alicyclic amines) is 1. The molecule has 0 bridgehead atoms. The van der Waals surface area contributed by atoms with Crippen LogP contribution in [0.25, 0.3) is 16.8 Å². The molecule has 0 atom stereocenters. The van der Waals surface area contributed by atoms with E-state index in [1.54, 1.807) is 11.8 Å². The van der Waals surface area contributed by atoms with Crippen LogP contribution >= 0.6 is 0 Å². The van der Waals surface area contributed by atoms with Gasteiger partial charge in [-0.1, -0.05) is 30.3 Å². The molecule has 4 rings (SSSR count). The maximum absolute atomic E-state index is 12.7. The molecule has 1 aliphatic heterocycles. The maximum Gasteiger partial charge on any atom is 0.409 e. The first-order valence-electron chi connectivity index (χ1n) is 12.0. The number of benzene rings is 1. The lowest BCUT2D eigenvalue weighted by Crippen LogP contribution is -2.46. The van der Waals surface area contributed by atoms with Gasteiger partial charge >= 0.3 is 6.09 Å². The van der Waals surface area contributed by atoms with Gasteiger partial charge < -0.3 is 15.0 Å². The molecule has 1 fully saturated rings. The van der Waals surface area contributed by atoms with Crippen molar-refractivity contribution in [2.75, 3.05) is 19.7 Å². The van der Waals surface area contributed by atoms with Gasteiger partial charge in [0.15, 0.2) is 5.65 Å². The largest absolute Gasteiger partial charge is 0.450 e. The number of amides is 2. The van der Waals surface area contributed by atoms with Gasteiger partial charge in [-0.15, -0.1) is 0 Å². The summed E-state index contributed by atoms with van der Waals surface area (Å²) in [6.07, 6.45) is 2.20. The van der Waals surface area contributed by atoms with Crippen molar-refractivity contribution in [3.63, 3.8) is 0 Å². The van der Waals surface area contributed by atoms with E-state index in [0.29, 0.717) is 32.5 Å². The first-order valence-corrected chi connectivity index (χ1v) is 12.0. The van der Waals surface area contributed by atoms with E-state index >= 15 is 0 Å². The first kappa shape index (κ1) is 23.7. The predicted molar refractivity (Wildman–Crippen MR) is 131 cm³/mol. The number of aromatic nitrogens is 3. The Morgan fingerprint density at radius 3 is 2.47 bits per heavy atom. The zero-order valence-corrected chi connectivity index (χ0v) is 20.4. The van der Waals surface area contributed by atoms with Crippen molar-refractivity contribution in [2.24, 2.45) is 0 Å². The van der Waals surface area contributed by atoms with E-state index in [1.807, 2.05) is 43.5 Å². The van der Waals surface area contributed by atoms with Crippen LogP contribution in [0.15, 0.2) is 30.3 Å². The Morgan fingerprint density at radius 2 is 1.79 bits per heavy atom. The third kappa shape index (κ3) is 4.90. The normalized spacial score (nSPS) is 14.4. The molecule has 8 heteroatoms. The second-order valence-electron chi connectivity index (χ2n) is 8.85. The van der Waals surface area contributed by atoms with Gasteiger partial charge in [0.05, 0.1) is 12.3 Å². The Bertz CT molecular complexity index is 1180. The minimum absolute atomic E-state index is 0.0232. The maximum atomic E-state index is 12.7. The first-order chi connectivity index (χ1) is 16.4. The van der Waals surface area contributed by atoms with Gasteiger partial charge in [-0.05, 0) is 58.1 Å². The average molecular weight is 464 g/mol. The standard InChI is InChI=1S/C26H33N5O3/c1-5-34-26(33)30-15-13-21(14-16-30)28-23(32)12-11-22-17(2)27-25-24(20-9-7-6-8-10-20)18(3)29-31(25)19(22)4/h6-10,21H,5,11-16H2,1-4H3,(H,28,32). The van der Waals surface area contributed by atoms with Crippen molar-refractivity contribution in [2.45, 2.75) is 59.4 Å². The lowest BCUT2D eigenvalue weighted by atomic mass is 10.0. The number of rotatable bonds is 6. The van der Waals surface area contributed by atoms with Gasteiger partial charge in [0.1, 0.15) is 0 Å². The van der Waals surface area contributed by atoms with Crippen molar-refractivity contribution in [1.29, 1.82) is 0 Å². The molecule has 34 heavy (non-hydrogen) atoms. The van der Waals surface area contributed by atoms with Crippen LogP contribution in [-0.2, 0) is 16.0 Å². The topological polar surface area (TPSA) is 88.8 Å². The van der Waals surface area contributed by atoms with Crippen LogP contribution in [0, 0.1) is 20.8 Å². The number of piperidine rings is 1. The second-order valence-corrected chi connectivity index (χ2v) is 8.85. The van der Waals surface area contributed by atoms with Crippen molar-refractivity contribution in [1.82, 2.24) is 24.8 Å². The number of nitrogens with one attached hydrogen (secondary N) is 1. The van der Waals surface area contributed by atoms with Crippen molar-refractivity contribution in [3.8, 4) is 11.1 Å². The van der Waals surface area contributed by atoms with E-state index in [2.05, 4.69) is 17.4 Å². The van der Waals surface area contributed by atoms with Gasteiger partial charge in [0, 0.05) is 42.5 Å². The highest BCUT2D eigenvalue weighted by molar-refractivity contribution is 5.80. The van der Waals surface area contributed by atoms with Crippen molar-refractivity contribution in [3.05, 3.63) is 53.0 Å². The summed E-state index contributed by atoms with van der Waals surface area (Å²) in [5.74, 6) is 0.0232. The van der Waals surface area contributed by atoms with Crippen LogP contribution in [0.1, 0.15) is 48.8 Å². The number of ether oxygens (including phenoxy) is 1. The minimum Gasteiger partial charge on any atom is -0.450 e. The number of carbonyl (C=O) groups excluding carboxylic acids is 2. The predicted octanol–water partition coefficient (Wildman–Crippen LogP) is 3.99. The zero-order valence-electron chi connectivity index (χ0n) is 20.4. The Labute approximate surface area is 200 Å². The third-order valence-corrected chi connectivity index (χ3v) is 6.55. The summed E-state index contributed by atoms with van der Waals surface area (Å²) in [5.41, 5.74) is 6.93. The fourth-order valence-electron chi connectivity index (χ4n) is 4.73. The molecular formula is C26H33N5O3. The van der Waals surface area contributed by atoms with E-state index in [9.17, 15) is 9.59 Å². The Kier molecular flexibility index (Phi) is 7.14. The van der Waals surface area contributed by atoms with Gasteiger partial charge in [-0.2, -0.15) is 5.10 Å². The Hall–Kier alpha value is -3.42. The number of carbonyl (C=O) groups is 2. The lowest BCUT2D eigenvalue weighted by molar-refractivity contribution is -0.122. The highest BCUT2D eigenvalue weighted by Crippen LogP contribution is 2.29. The second kappa shape index (κ2) is 10.2. The fraction of sp³-hybridized carbons (Fsp3) is 0.462. The van der Waals surface area contributed by atoms with Gasteiger partial charge in [0.25, 0.3) is 0 Å². The van der Waals surface area contributed by atoms with Crippen LogP contribution in [0.4, 0.5) is 4.79 Å². The zero-order chi connectivity index (χ0) is 24.2. The minimum atomic E-state index is -0.273. The van der Waals surface area contributed by atoms with Gasteiger partial charge in [0.2, 0.25) is 5.91 Å². The molecule has 180 valence electrons. The van der Waals surface area contributed by atoms with E-state index < -0.39 is 0 Å². The molecule has 8 nitrogen and oxygen atoms in total. The molecule has 0 aliphatic carbocycles. The molecule has 0 unspecified atom stereocenters. The van der Waals surface area contributed by atoms with E-state index in [4.69, 9.17) is 14.8 Å². The molecule has 1 aliphatic rings. The summed E-state index contributed by atoms with van der Waals surface area (Å²) in [7, 11) is 0. The van der Waals surface area contributed by atoms with Crippen LogP contribution in [0.5, 0.6) is 0 Å². The van der Waals surface area contributed by atoms with Gasteiger partial charge in [-0.25, -0.2) is 14.3 Å². The lowest BCUT2D eigenvalue weighted by Gasteiger charge is -2.31. The fourth-order valence-corrected chi connectivity index (χ4v) is 4.73. The monoisotopic (exact) mass is 463 g/mol. The van der Waals surface area contributed by atoms with Crippen LogP contribution in [-0.4, -0.2) is 57.2 Å². The highest BCUT2D eigenvalue weighted by Gasteiger charge is 2.25. The smallest absolute Gasteiger partial charge is 0.409 e. The summed E-state index contributed by atoms with van der Waals surface area (Å²) in [6, 6.07) is 10.3. The average Bonchev–Trinajstić information content (AvgIpc) is 3.16. The summed E-state index contributed by atoms with van der Waals surface area (Å²) in [5, 5.41) is 7.89.